The fraction of sp³-hybridized carbons (Fsp3) is 0.130. The van der Waals surface area contributed by atoms with E-state index in [1.54, 1.807) is 25.3 Å². The maximum Gasteiger partial charge on any atom is 0.280 e. The molecule has 3 rings (SSSR count). The Labute approximate surface area is 178 Å². The van der Waals surface area contributed by atoms with Crippen molar-refractivity contribution in [3.63, 3.8) is 0 Å². The van der Waals surface area contributed by atoms with Crippen LogP contribution in [0, 0.1) is 0 Å². The van der Waals surface area contributed by atoms with Gasteiger partial charge in [0.2, 0.25) is 0 Å². The molecule has 0 aliphatic heterocycles. The van der Waals surface area contributed by atoms with Crippen molar-refractivity contribution in [1.82, 2.24) is 5.43 Å². The number of hydrazone groups is 1. The number of hydrogen-bond acceptors (Lipinski definition) is 4. The first-order chi connectivity index (χ1) is 14.1. The molecule has 0 aliphatic carbocycles. The third kappa shape index (κ3) is 6.47. The number of halogens is 1. The van der Waals surface area contributed by atoms with Crippen LogP contribution >= 0.6 is 15.9 Å². The van der Waals surface area contributed by atoms with Gasteiger partial charge in [-0.15, -0.1) is 0 Å². The average Bonchev–Trinajstić information content (AvgIpc) is 2.75. The second-order valence-electron chi connectivity index (χ2n) is 6.26. The van der Waals surface area contributed by atoms with Gasteiger partial charge in [-0.05, 0) is 42.8 Å². The minimum Gasteiger partial charge on any atom is -0.489 e. The van der Waals surface area contributed by atoms with Crippen molar-refractivity contribution in [3.8, 4) is 11.5 Å². The lowest BCUT2D eigenvalue weighted by Gasteiger charge is -2.13. The number of benzene rings is 3. The number of nitrogens with zero attached hydrogens (tertiary/aromatic N) is 1. The molecule has 0 heterocycles. The molecule has 3 aromatic rings. The number of carbonyl (C=O) groups excluding carboxylic acids is 1. The van der Waals surface area contributed by atoms with Gasteiger partial charge in [0.25, 0.3) is 5.91 Å². The second kappa shape index (κ2) is 10.4. The fourth-order valence-electron chi connectivity index (χ4n) is 2.45. The Kier molecular flexibility index (Phi) is 7.41. The Hall–Kier alpha value is -3.12. The molecule has 0 aromatic heterocycles. The number of amides is 1. The molecule has 1 amide bonds. The monoisotopic (exact) mass is 452 g/mol. The third-order valence-electron chi connectivity index (χ3n) is 4.04. The molecule has 1 atom stereocenters. The highest BCUT2D eigenvalue weighted by Crippen LogP contribution is 2.20. The first-order valence-electron chi connectivity index (χ1n) is 9.13. The predicted molar refractivity (Wildman–Crippen MR) is 117 cm³/mol. The van der Waals surface area contributed by atoms with Gasteiger partial charge in [0.1, 0.15) is 18.1 Å². The van der Waals surface area contributed by atoms with Crippen molar-refractivity contribution in [3.05, 3.63) is 94.5 Å². The highest BCUT2D eigenvalue weighted by Gasteiger charge is 2.14. The van der Waals surface area contributed by atoms with Crippen molar-refractivity contribution in [2.45, 2.75) is 19.6 Å². The van der Waals surface area contributed by atoms with Crippen molar-refractivity contribution in [1.29, 1.82) is 0 Å². The molecular formula is C23H21BrN2O3. The summed E-state index contributed by atoms with van der Waals surface area (Å²) in [4.78, 5) is 12.2. The summed E-state index contributed by atoms with van der Waals surface area (Å²) in [6.45, 7) is 2.17. The number of ether oxygens (including phenoxy) is 2. The molecule has 0 radical (unpaired) electrons. The van der Waals surface area contributed by atoms with Gasteiger partial charge in [-0.1, -0.05) is 64.5 Å². The van der Waals surface area contributed by atoms with Crippen LogP contribution in [0.25, 0.3) is 0 Å². The zero-order valence-corrected chi connectivity index (χ0v) is 17.5. The Morgan fingerprint density at radius 1 is 1.00 bits per heavy atom. The lowest BCUT2D eigenvalue weighted by atomic mass is 10.2. The third-order valence-corrected chi connectivity index (χ3v) is 4.76. The molecule has 0 aliphatic rings. The Balaban J connectivity index is 1.47. The summed E-state index contributed by atoms with van der Waals surface area (Å²) in [7, 11) is 0. The van der Waals surface area contributed by atoms with Crippen LogP contribution in [0.2, 0.25) is 0 Å². The summed E-state index contributed by atoms with van der Waals surface area (Å²) in [5.41, 5.74) is 4.45. The van der Waals surface area contributed by atoms with Gasteiger partial charge in [-0.2, -0.15) is 5.10 Å². The minimum atomic E-state index is -0.692. The molecule has 3 aromatic carbocycles. The molecule has 0 spiro atoms. The van der Waals surface area contributed by atoms with Gasteiger partial charge >= 0.3 is 0 Å². The van der Waals surface area contributed by atoms with Crippen LogP contribution in [0.3, 0.4) is 0 Å². The van der Waals surface area contributed by atoms with Crippen molar-refractivity contribution in [2.75, 3.05) is 0 Å². The van der Waals surface area contributed by atoms with Crippen LogP contribution < -0.4 is 14.9 Å². The number of rotatable bonds is 8. The molecular weight excluding hydrogens is 432 g/mol. The van der Waals surface area contributed by atoms with E-state index in [0.29, 0.717) is 12.4 Å². The van der Waals surface area contributed by atoms with E-state index in [9.17, 15) is 4.79 Å². The quantitative estimate of drug-likeness (QED) is 0.388. The maximum atomic E-state index is 12.2. The smallest absolute Gasteiger partial charge is 0.280 e. The highest BCUT2D eigenvalue weighted by molar-refractivity contribution is 9.10. The summed E-state index contributed by atoms with van der Waals surface area (Å²) >= 11 is 3.43. The maximum absolute atomic E-state index is 12.2. The molecule has 0 bridgehead atoms. The Morgan fingerprint density at radius 2 is 1.66 bits per heavy atom. The summed E-state index contributed by atoms with van der Waals surface area (Å²) in [6, 6.07) is 24.7. The topological polar surface area (TPSA) is 59.9 Å². The van der Waals surface area contributed by atoms with E-state index >= 15 is 0 Å². The van der Waals surface area contributed by atoms with Crippen LogP contribution in [-0.2, 0) is 11.4 Å². The van der Waals surface area contributed by atoms with E-state index in [1.807, 2.05) is 66.7 Å². The average molecular weight is 453 g/mol. The van der Waals surface area contributed by atoms with Gasteiger partial charge in [-0.3, -0.25) is 4.79 Å². The first-order valence-corrected chi connectivity index (χ1v) is 9.92. The zero-order chi connectivity index (χ0) is 20.5. The van der Waals surface area contributed by atoms with Crippen molar-refractivity contribution in [2.24, 2.45) is 5.10 Å². The number of carbonyl (C=O) groups is 1. The largest absolute Gasteiger partial charge is 0.489 e. The zero-order valence-electron chi connectivity index (χ0n) is 15.9. The van der Waals surface area contributed by atoms with E-state index in [2.05, 4.69) is 26.5 Å². The van der Waals surface area contributed by atoms with E-state index < -0.39 is 6.10 Å². The summed E-state index contributed by atoms with van der Waals surface area (Å²) < 4.78 is 12.3. The summed E-state index contributed by atoms with van der Waals surface area (Å²) in [5, 5.41) is 3.98. The van der Waals surface area contributed by atoms with Crippen LogP contribution in [0.1, 0.15) is 18.1 Å². The molecule has 0 saturated carbocycles. The molecule has 6 heteroatoms. The predicted octanol–water partition coefficient (Wildman–Crippen LogP) is 4.95. The molecule has 0 saturated heterocycles. The Bertz CT molecular complexity index is 959. The normalized spacial score (nSPS) is 11.8. The fourth-order valence-corrected chi connectivity index (χ4v) is 2.84. The van der Waals surface area contributed by atoms with Crippen LogP contribution in [-0.4, -0.2) is 18.2 Å². The molecule has 5 nitrogen and oxygen atoms in total. The molecule has 0 fully saturated rings. The Morgan fingerprint density at radius 3 is 2.38 bits per heavy atom. The number of hydrogen-bond donors (Lipinski definition) is 1. The second-order valence-corrected chi connectivity index (χ2v) is 7.12. The van der Waals surface area contributed by atoms with Gasteiger partial charge in [0, 0.05) is 10.0 Å². The SMILES string of the molecule is CC(Oc1ccc(OCc2ccccc2)cc1)C(=O)NN=Cc1ccccc1Br. The number of nitrogens with one attached hydrogen (secondary N) is 1. The van der Waals surface area contributed by atoms with Gasteiger partial charge in [0.15, 0.2) is 6.10 Å². The standard InChI is InChI=1S/C23H21BrN2O3/c1-17(23(27)26-25-15-19-9-5-6-10-22(19)24)29-21-13-11-20(12-14-21)28-16-18-7-3-2-4-8-18/h2-15,17H,16H2,1H3,(H,26,27). The van der Waals surface area contributed by atoms with Crippen LogP contribution in [0.15, 0.2) is 88.4 Å². The van der Waals surface area contributed by atoms with Gasteiger partial charge in [-0.25, -0.2) is 5.43 Å². The molecule has 1 unspecified atom stereocenters. The van der Waals surface area contributed by atoms with E-state index in [-0.39, 0.29) is 5.91 Å². The molecule has 1 N–H and O–H groups in total. The lowest BCUT2D eigenvalue weighted by molar-refractivity contribution is -0.127. The summed E-state index contributed by atoms with van der Waals surface area (Å²) in [6.07, 6.45) is 0.885. The van der Waals surface area contributed by atoms with Crippen LogP contribution in [0.4, 0.5) is 0 Å². The highest BCUT2D eigenvalue weighted by atomic mass is 79.9. The van der Waals surface area contributed by atoms with Crippen molar-refractivity contribution >= 4 is 28.1 Å². The molecule has 29 heavy (non-hydrogen) atoms. The first kappa shape index (κ1) is 20.6. The van der Waals surface area contributed by atoms with Crippen LogP contribution in [0.5, 0.6) is 11.5 Å². The van der Waals surface area contributed by atoms with E-state index in [1.165, 1.54) is 0 Å². The van der Waals surface area contributed by atoms with E-state index in [4.69, 9.17) is 9.47 Å². The van der Waals surface area contributed by atoms with Gasteiger partial charge < -0.3 is 9.47 Å². The van der Waals surface area contributed by atoms with Crippen molar-refractivity contribution < 1.29 is 14.3 Å². The van der Waals surface area contributed by atoms with E-state index in [0.717, 1.165) is 21.3 Å². The summed E-state index contributed by atoms with van der Waals surface area (Å²) in [5.74, 6) is 0.976. The lowest BCUT2D eigenvalue weighted by Crippen LogP contribution is -2.33. The molecule has 148 valence electrons. The minimum absolute atomic E-state index is 0.335. The van der Waals surface area contributed by atoms with Gasteiger partial charge in [0.05, 0.1) is 6.21 Å².